The van der Waals surface area contributed by atoms with Crippen molar-refractivity contribution in [2.24, 2.45) is 0 Å². The summed E-state index contributed by atoms with van der Waals surface area (Å²) in [5.41, 5.74) is 0.562. The van der Waals surface area contributed by atoms with E-state index in [1.807, 2.05) is 0 Å². The van der Waals surface area contributed by atoms with Gasteiger partial charge in [-0.1, -0.05) is 11.6 Å². The maximum atomic E-state index is 12.1. The maximum absolute atomic E-state index is 12.1. The zero-order valence-corrected chi connectivity index (χ0v) is 12.1. The van der Waals surface area contributed by atoms with Crippen LogP contribution in [0.2, 0.25) is 5.02 Å². The van der Waals surface area contributed by atoms with E-state index in [2.05, 4.69) is 27.1 Å². The molecule has 3 rings (SSSR count). The molecule has 0 saturated carbocycles. The van der Waals surface area contributed by atoms with E-state index in [0.29, 0.717) is 34.3 Å². The molecule has 2 aromatic rings. The van der Waals surface area contributed by atoms with Crippen molar-refractivity contribution in [2.75, 3.05) is 19.6 Å². The van der Waals surface area contributed by atoms with Crippen LogP contribution in [-0.4, -0.2) is 40.5 Å². The number of nitrogens with one attached hydrogen (secondary N) is 2. The van der Waals surface area contributed by atoms with Crippen LogP contribution in [0.5, 0.6) is 0 Å². The van der Waals surface area contributed by atoms with Crippen LogP contribution in [0.1, 0.15) is 12.7 Å². The third-order valence-electron chi connectivity index (χ3n) is 3.54. The molecule has 0 radical (unpaired) electrons. The van der Waals surface area contributed by atoms with E-state index in [4.69, 9.17) is 11.6 Å². The predicted octanol–water partition coefficient (Wildman–Crippen LogP) is 1.37. The van der Waals surface area contributed by atoms with E-state index in [1.165, 1.54) is 0 Å². The number of benzene rings is 1. The number of aromatic amines is 1. The number of H-pyrrole nitrogens is 1. The normalized spacial score (nSPS) is 20.4. The van der Waals surface area contributed by atoms with Crippen molar-refractivity contribution < 1.29 is 0 Å². The summed E-state index contributed by atoms with van der Waals surface area (Å²) < 4.78 is 0. The van der Waals surface area contributed by atoms with Gasteiger partial charge in [-0.05, 0) is 25.1 Å². The number of fused-ring (bicyclic) bond motifs is 1. The van der Waals surface area contributed by atoms with Crippen LogP contribution in [0.15, 0.2) is 23.0 Å². The lowest BCUT2D eigenvalue weighted by atomic mass is 10.2. The van der Waals surface area contributed by atoms with E-state index in [0.717, 1.165) is 19.6 Å². The van der Waals surface area contributed by atoms with Gasteiger partial charge in [-0.3, -0.25) is 9.69 Å². The summed E-state index contributed by atoms with van der Waals surface area (Å²) in [6.45, 7) is 5.72. The lowest BCUT2D eigenvalue weighted by Gasteiger charge is -2.31. The summed E-state index contributed by atoms with van der Waals surface area (Å²) in [6, 6.07) is 5.66. The van der Waals surface area contributed by atoms with Crippen molar-refractivity contribution in [3.05, 3.63) is 39.4 Å². The van der Waals surface area contributed by atoms with Crippen LogP contribution in [0.3, 0.4) is 0 Å². The van der Waals surface area contributed by atoms with Crippen molar-refractivity contribution in [1.29, 1.82) is 0 Å². The molecule has 0 amide bonds. The molecule has 2 N–H and O–H groups in total. The van der Waals surface area contributed by atoms with Crippen LogP contribution in [-0.2, 0) is 6.54 Å². The van der Waals surface area contributed by atoms with Crippen LogP contribution < -0.4 is 10.9 Å². The molecule has 1 unspecified atom stereocenters. The molecule has 0 aliphatic carbocycles. The number of piperazine rings is 1. The molecular formula is C14H17ClN4O. The van der Waals surface area contributed by atoms with Crippen LogP contribution in [0.4, 0.5) is 0 Å². The molecule has 6 heteroatoms. The highest BCUT2D eigenvalue weighted by atomic mass is 35.5. The van der Waals surface area contributed by atoms with Crippen LogP contribution in [0, 0.1) is 0 Å². The molecule has 1 fully saturated rings. The molecule has 0 spiro atoms. The Morgan fingerprint density at radius 3 is 3.15 bits per heavy atom. The third kappa shape index (κ3) is 2.85. The molecule has 20 heavy (non-hydrogen) atoms. The number of hydrogen-bond acceptors (Lipinski definition) is 4. The predicted molar refractivity (Wildman–Crippen MR) is 80.1 cm³/mol. The minimum atomic E-state index is -0.129. The molecular weight excluding hydrogens is 276 g/mol. The first kappa shape index (κ1) is 13.5. The topological polar surface area (TPSA) is 61.0 Å². The largest absolute Gasteiger partial charge is 0.312 e. The van der Waals surface area contributed by atoms with Crippen LogP contribution in [0.25, 0.3) is 10.9 Å². The van der Waals surface area contributed by atoms with E-state index in [1.54, 1.807) is 18.2 Å². The minimum Gasteiger partial charge on any atom is -0.312 e. The molecule has 5 nitrogen and oxygen atoms in total. The first-order valence-corrected chi connectivity index (χ1v) is 7.14. The SMILES string of the molecule is CC1CN(Cc2nc3ccc(Cl)cc3c(=O)[nH]2)CCN1. The Hall–Kier alpha value is -1.43. The second kappa shape index (κ2) is 5.52. The van der Waals surface area contributed by atoms with E-state index in [9.17, 15) is 4.79 Å². The fourth-order valence-corrected chi connectivity index (χ4v) is 2.77. The first-order valence-electron chi connectivity index (χ1n) is 6.76. The van der Waals surface area contributed by atoms with Gasteiger partial charge in [0, 0.05) is 30.7 Å². The van der Waals surface area contributed by atoms with Gasteiger partial charge in [-0.25, -0.2) is 4.98 Å². The Bertz CT molecular complexity index is 684. The molecule has 0 bridgehead atoms. The average Bonchev–Trinajstić information content (AvgIpc) is 2.40. The summed E-state index contributed by atoms with van der Waals surface area (Å²) in [6.07, 6.45) is 0. The van der Waals surface area contributed by atoms with Crippen molar-refractivity contribution in [3.63, 3.8) is 0 Å². The van der Waals surface area contributed by atoms with E-state index >= 15 is 0 Å². The van der Waals surface area contributed by atoms with Gasteiger partial charge in [0.2, 0.25) is 0 Å². The zero-order chi connectivity index (χ0) is 14.1. The Morgan fingerprint density at radius 1 is 1.50 bits per heavy atom. The van der Waals surface area contributed by atoms with Gasteiger partial charge in [0.25, 0.3) is 5.56 Å². The van der Waals surface area contributed by atoms with Crippen molar-refractivity contribution in [3.8, 4) is 0 Å². The number of halogens is 1. The molecule has 1 aliphatic rings. The van der Waals surface area contributed by atoms with Gasteiger partial charge in [0.05, 0.1) is 17.4 Å². The Kier molecular flexibility index (Phi) is 3.74. The highest BCUT2D eigenvalue weighted by Crippen LogP contribution is 2.15. The number of hydrogen-bond donors (Lipinski definition) is 2. The Morgan fingerprint density at radius 2 is 2.35 bits per heavy atom. The molecule has 1 aromatic heterocycles. The number of aromatic nitrogens is 2. The van der Waals surface area contributed by atoms with Gasteiger partial charge in [-0.2, -0.15) is 0 Å². The van der Waals surface area contributed by atoms with Crippen LogP contribution >= 0.6 is 11.6 Å². The van der Waals surface area contributed by atoms with Crippen molar-refractivity contribution in [2.45, 2.75) is 19.5 Å². The number of nitrogens with zero attached hydrogens (tertiary/aromatic N) is 2. The molecule has 1 aromatic carbocycles. The fourth-order valence-electron chi connectivity index (χ4n) is 2.60. The second-order valence-electron chi connectivity index (χ2n) is 5.26. The smallest absolute Gasteiger partial charge is 0.258 e. The quantitative estimate of drug-likeness (QED) is 0.878. The Labute approximate surface area is 122 Å². The summed E-state index contributed by atoms with van der Waals surface area (Å²) in [7, 11) is 0. The van der Waals surface area contributed by atoms with Gasteiger partial charge in [0.15, 0.2) is 0 Å². The summed E-state index contributed by atoms with van der Waals surface area (Å²) in [4.78, 5) is 21.7. The lowest BCUT2D eigenvalue weighted by molar-refractivity contribution is 0.195. The monoisotopic (exact) mass is 292 g/mol. The molecule has 106 valence electrons. The summed E-state index contributed by atoms with van der Waals surface area (Å²) in [5.74, 6) is 0.707. The molecule has 1 aliphatic heterocycles. The standard InChI is InChI=1S/C14H17ClN4O/c1-9-7-19(5-4-16-9)8-13-17-12-3-2-10(15)6-11(12)14(20)18-13/h2-3,6,9,16H,4-5,7-8H2,1H3,(H,17,18,20). The summed E-state index contributed by atoms with van der Waals surface area (Å²) >= 11 is 5.91. The molecule has 2 heterocycles. The molecule has 1 atom stereocenters. The second-order valence-corrected chi connectivity index (χ2v) is 5.70. The van der Waals surface area contributed by atoms with Gasteiger partial charge in [0.1, 0.15) is 5.82 Å². The minimum absolute atomic E-state index is 0.129. The van der Waals surface area contributed by atoms with Gasteiger partial charge >= 0.3 is 0 Å². The van der Waals surface area contributed by atoms with E-state index < -0.39 is 0 Å². The molecule has 1 saturated heterocycles. The highest BCUT2D eigenvalue weighted by molar-refractivity contribution is 6.31. The number of rotatable bonds is 2. The lowest BCUT2D eigenvalue weighted by Crippen LogP contribution is -2.48. The Balaban J connectivity index is 1.89. The average molecular weight is 293 g/mol. The fraction of sp³-hybridized carbons (Fsp3) is 0.429. The first-order chi connectivity index (χ1) is 9.61. The van der Waals surface area contributed by atoms with Gasteiger partial charge < -0.3 is 10.3 Å². The summed E-state index contributed by atoms with van der Waals surface area (Å²) in [5, 5.41) is 4.48. The van der Waals surface area contributed by atoms with Crippen molar-refractivity contribution in [1.82, 2.24) is 20.2 Å². The highest BCUT2D eigenvalue weighted by Gasteiger charge is 2.16. The van der Waals surface area contributed by atoms with Crippen molar-refractivity contribution >= 4 is 22.5 Å². The maximum Gasteiger partial charge on any atom is 0.258 e. The van der Waals surface area contributed by atoms with E-state index in [-0.39, 0.29) is 5.56 Å². The van der Waals surface area contributed by atoms with Gasteiger partial charge in [-0.15, -0.1) is 0 Å². The zero-order valence-electron chi connectivity index (χ0n) is 11.3. The third-order valence-corrected chi connectivity index (χ3v) is 3.78.